The molecule has 0 heterocycles. The molecule has 0 aliphatic rings. The zero-order valence-electron chi connectivity index (χ0n) is 7.13. The van der Waals surface area contributed by atoms with Crippen molar-refractivity contribution in [1.82, 2.24) is 0 Å². The van der Waals surface area contributed by atoms with Crippen LogP contribution in [0.5, 0.6) is 0 Å². The molecule has 0 N–H and O–H groups in total. The van der Waals surface area contributed by atoms with Crippen molar-refractivity contribution in [3.8, 4) is 0 Å². The van der Waals surface area contributed by atoms with Crippen LogP contribution in [0.15, 0.2) is 0 Å². The van der Waals surface area contributed by atoms with Crippen LogP contribution in [0.4, 0.5) is 0 Å². The van der Waals surface area contributed by atoms with E-state index in [-0.39, 0.29) is 33.7 Å². The van der Waals surface area contributed by atoms with Gasteiger partial charge in [-0.2, -0.15) is 0 Å². The zero-order valence-corrected chi connectivity index (χ0v) is 8.69. The van der Waals surface area contributed by atoms with E-state index in [9.17, 15) is 9.59 Å². The van der Waals surface area contributed by atoms with E-state index in [1.165, 1.54) is 28.1 Å². The standard InChI is InChI=1S/2C3H6O2.Ti/c2*1-3(4)5-2;/h2*1-2H3;. The van der Waals surface area contributed by atoms with Gasteiger partial charge in [-0.25, -0.2) is 0 Å². The van der Waals surface area contributed by atoms with E-state index < -0.39 is 0 Å². The summed E-state index contributed by atoms with van der Waals surface area (Å²) < 4.78 is 8.22. The van der Waals surface area contributed by atoms with E-state index in [1.807, 2.05) is 0 Å². The molecule has 0 aromatic carbocycles. The molecule has 64 valence electrons. The molecule has 0 aliphatic heterocycles. The number of esters is 2. The van der Waals surface area contributed by atoms with Crippen molar-refractivity contribution in [3.63, 3.8) is 0 Å². The fourth-order valence-electron chi connectivity index (χ4n) is 0. The molecule has 0 amide bonds. The van der Waals surface area contributed by atoms with E-state index >= 15 is 0 Å². The Morgan fingerprint density at radius 3 is 1.00 bits per heavy atom. The summed E-state index contributed by atoms with van der Waals surface area (Å²) in [5.74, 6) is -0.491. The molecule has 0 aromatic rings. The average Bonchev–Trinajstić information content (AvgIpc) is 1.89. The van der Waals surface area contributed by atoms with E-state index in [0.717, 1.165) is 0 Å². The molecule has 0 saturated carbocycles. The van der Waals surface area contributed by atoms with Crippen LogP contribution in [-0.2, 0) is 40.8 Å². The van der Waals surface area contributed by atoms with Crippen molar-refractivity contribution < 1.29 is 40.8 Å². The molecule has 0 bridgehead atoms. The van der Waals surface area contributed by atoms with Crippen LogP contribution in [0.25, 0.3) is 0 Å². The molecule has 0 rings (SSSR count). The maximum absolute atomic E-state index is 9.59. The molecule has 4 nitrogen and oxygen atoms in total. The third-order valence-electron chi connectivity index (χ3n) is 0.575. The van der Waals surface area contributed by atoms with Gasteiger partial charge in [0.25, 0.3) is 0 Å². The first-order chi connectivity index (χ1) is 4.54. The normalized spacial score (nSPS) is 6.18. The summed E-state index contributed by atoms with van der Waals surface area (Å²) in [5.41, 5.74) is 0. The molecule has 0 aromatic heterocycles. The smallest absolute Gasteiger partial charge is 0.302 e. The van der Waals surface area contributed by atoms with E-state index in [4.69, 9.17) is 0 Å². The van der Waals surface area contributed by atoms with Crippen LogP contribution >= 0.6 is 0 Å². The second kappa shape index (κ2) is 12.3. The maximum Gasteiger partial charge on any atom is 0.302 e. The average molecular weight is 196 g/mol. The van der Waals surface area contributed by atoms with Crippen LogP contribution in [-0.4, -0.2) is 26.2 Å². The van der Waals surface area contributed by atoms with Gasteiger partial charge in [-0.05, 0) is 0 Å². The first-order valence-corrected chi connectivity index (χ1v) is 2.63. The third-order valence-corrected chi connectivity index (χ3v) is 0.575. The van der Waals surface area contributed by atoms with Crippen molar-refractivity contribution in [3.05, 3.63) is 0 Å². The predicted molar refractivity (Wildman–Crippen MR) is 35.4 cm³/mol. The minimum absolute atomic E-state index is 0. The Hall–Kier alpha value is -0.346. The summed E-state index contributed by atoms with van der Waals surface area (Å²) in [4.78, 5) is 19.2. The second-order valence-electron chi connectivity index (χ2n) is 1.39. The van der Waals surface area contributed by atoms with Crippen LogP contribution in [0, 0.1) is 0 Å². The van der Waals surface area contributed by atoms with Crippen molar-refractivity contribution >= 4 is 11.9 Å². The van der Waals surface area contributed by atoms with Crippen LogP contribution in [0.2, 0.25) is 0 Å². The van der Waals surface area contributed by atoms with Gasteiger partial charge in [-0.3, -0.25) is 9.59 Å². The fraction of sp³-hybridized carbons (Fsp3) is 0.667. The van der Waals surface area contributed by atoms with Gasteiger partial charge in [0.05, 0.1) is 14.2 Å². The fourth-order valence-corrected chi connectivity index (χ4v) is 0. The van der Waals surface area contributed by atoms with Crippen molar-refractivity contribution in [2.24, 2.45) is 0 Å². The van der Waals surface area contributed by atoms with Crippen molar-refractivity contribution in [2.75, 3.05) is 14.2 Å². The van der Waals surface area contributed by atoms with E-state index in [1.54, 1.807) is 0 Å². The molecule has 5 heteroatoms. The first-order valence-electron chi connectivity index (χ1n) is 2.63. The van der Waals surface area contributed by atoms with Gasteiger partial charge in [0.1, 0.15) is 0 Å². The number of carbonyl (C=O) groups is 2. The van der Waals surface area contributed by atoms with Crippen molar-refractivity contribution in [1.29, 1.82) is 0 Å². The number of carbonyl (C=O) groups excluding carboxylic acids is 2. The Bertz CT molecular complexity index is 99.1. The van der Waals surface area contributed by atoms with Gasteiger partial charge < -0.3 is 9.47 Å². The Kier molecular flexibility index (Phi) is 19.0. The molecule has 0 saturated heterocycles. The van der Waals surface area contributed by atoms with Gasteiger partial charge >= 0.3 is 11.9 Å². The molecular formula is C6H12O4Ti. The summed E-state index contributed by atoms with van der Waals surface area (Å²) in [6.45, 7) is 2.72. The SMILES string of the molecule is COC(C)=O.COC(C)=O.[Ti]. The Labute approximate surface area is 81.1 Å². The van der Waals surface area contributed by atoms with E-state index in [0.29, 0.717) is 0 Å². The summed E-state index contributed by atoms with van der Waals surface area (Å²) in [6.07, 6.45) is 0. The number of hydrogen-bond acceptors (Lipinski definition) is 4. The minimum atomic E-state index is -0.245. The van der Waals surface area contributed by atoms with Gasteiger partial charge in [-0.1, -0.05) is 0 Å². The second-order valence-corrected chi connectivity index (χ2v) is 1.39. The summed E-state index contributed by atoms with van der Waals surface area (Å²) in [7, 11) is 2.70. The van der Waals surface area contributed by atoms with Crippen molar-refractivity contribution in [2.45, 2.75) is 13.8 Å². The first kappa shape index (κ1) is 16.9. The van der Waals surface area contributed by atoms with Gasteiger partial charge in [0.2, 0.25) is 0 Å². The number of ether oxygens (including phenoxy) is 2. The quantitative estimate of drug-likeness (QED) is 0.414. The minimum Gasteiger partial charge on any atom is -0.469 e. The van der Waals surface area contributed by atoms with E-state index in [2.05, 4.69) is 9.47 Å². The Morgan fingerprint density at radius 2 is 1.00 bits per heavy atom. The zero-order chi connectivity index (χ0) is 8.57. The predicted octanol–water partition coefficient (Wildman–Crippen LogP) is 0.356. The molecule has 0 fully saturated rings. The number of methoxy groups -OCH3 is 2. The van der Waals surface area contributed by atoms with Gasteiger partial charge in [0.15, 0.2) is 0 Å². The number of hydrogen-bond donors (Lipinski definition) is 0. The topological polar surface area (TPSA) is 52.6 Å². The summed E-state index contributed by atoms with van der Waals surface area (Å²) in [6, 6.07) is 0. The van der Waals surface area contributed by atoms with Gasteiger partial charge in [-0.15, -0.1) is 0 Å². The molecule has 0 unspecified atom stereocenters. The van der Waals surface area contributed by atoms with Crippen LogP contribution in [0.3, 0.4) is 0 Å². The Morgan fingerprint density at radius 1 is 0.909 bits per heavy atom. The third kappa shape index (κ3) is 42.4. The molecule has 0 radical (unpaired) electrons. The molecular weight excluding hydrogens is 184 g/mol. The Balaban J connectivity index is -0.000000107. The summed E-state index contributed by atoms with van der Waals surface area (Å²) >= 11 is 0. The van der Waals surface area contributed by atoms with Crippen LogP contribution < -0.4 is 0 Å². The molecule has 11 heavy (non-hydrogen) atoms. The monoisotopic (exact) mass is 196 g/mol. The number of rotatable bonds is 0. The molecule has 0 spiro atoms. The molecule has 0 atom stereocenters. The summed E-state index contributed by atoms with van der Waals surface area (Å²) in [5, 5.41) is 0. The maximum atomic E-state index is 9.59. The van der Waals surface area contributed by atoms with Gasteiger partial charge in [0, 0.05) is 35.6 Å². The molecule has 0 aliphatic carbocycles. The van der Waals surface area contributed by atoms with Crippen LogP contribution in [0.1, 0.15) is 13.8 Å². The largest absolute Gasteiger partial charge is 0.469 e.